The second-order valence-corrected chi connectivity index (χ2v) is 9.43. The van der Waals surface area contributed by atoms with Gasteiger partial charge in [0, 0.05) is 53.8 Å². The van der Waals surface area contributed by atoms with Crippen molar-refractivity contribution in [1.29, 1.82) is 0 Å². The Morgan fingerprint density at radius 3 is 2.87 bits per heavy atom. The fourth-order valence-corrected chi connectivity index (χ4v) is 6.67. The first-order valence-corrected chi connectivity index (χ1v) is 11.3. The number of fused-ring (bicyclic) bond motifs is 4. The Balaban J connectivity index is 1.47. The van der Waals surface area contributed by atoms with Crippen molar-refractivity contribution >= 4 is 10.9 Å². The van der Waals surface area contributed by atoms with Crippen LogP contribution >= 0.6 is 0 Å². The Labute approximate surface area is 176 Å². The summed E-state index contributed by atoms with van der Waals surface area (Å²) in [5.41, 5.74) is 6.03. The smallest absolute Gasteiger partial charge is 0.251 e. The number of pyridine rings is 1. The van der Waals surface area contributed by atoms with E-state index in [4.69, 9.17) is 4.74 Å². The maximum absolute atomic E-state index is 12.0. The maximum atomic E-state index is 12.0. The second-order valence-electron chi connectivity index (χ2n) is 9.43. The molecule has 0 amide bonds. The molecule has 5 nitrogen and oxygen atoms in total. The van der Waals surface area contributed by atoms with E-state index in [1.807, 2.05) is 6.07 Å². The molecule has 3 fully saturated rings. The molecule has 5 atom stereocenters. The Morgan fingerprint density at radius 2 is 2.03 bits per heavy atom. The van der Waals surface area contributed by atoms with Crippen LogP contribution in [0.2, 0.25) is 0 Å². The minimum absolute atomic E-state index is 0.138. The van der Waals surface area contributed by atoms with E-state index in [1.54, 1.807) is 13.2 Å². The van der Waals surface area contributed by atoms with E-state index in [9.17, 15) is 4.79 Å². The van der Waals surface area contributed by atoms with Gasteiger partial charge in [0.05, 0.1) is 7.11 Å². The van der Waals surface area contributed by atoms with Gasteiger partial charge < -0.3 is 9.72 Å². The number of aromatic nitrogens is 2. The summed E-state index contributed by atoms with van der Waals surface area (Å²) in [5, 5.41) is 1.32. The first kappa shape index (κ1) is 18.3. The summed E-state index contributed by atoms with van der Waals surface area (Å²) in [7, 11) is 1.58. The van der Waals surface area contributed by atoms with Crippen molar-refractivity contribution in [2.24, 2.45) is 11.8 Å². The number of piperidine rings is 2. The van der Waals surface area contributed by atoms with Crippen LogP contribution in [0.15, 0.2) is 35.1 Å². The summed E-state index contributed by atoms with van der Waals surface area (Å²) in [6.07, 6.45) is 5.14. The lowest BCUT2D eigenvalue weighted by Gasteiger charge is -2.53. The quantitative estimate of drug-likeness (QED) is 0.686. The Kier molecular flexibility index (Phi) is 4.10. The van der Waals surface area contributed by atoms with Gasteiger partial charge >= 0.3 is 0 Å². The van der Waals surface area contributed by atoms with Gasteiger partial charge in [-0.2, -0.15) is 0 Å². The van der Waals surface area contributed by atoms with Crippen LogP contribution in [-0.2, 0) is 6.42 Å². The number of benzene rings is 1. The highest BCUT2D eigenvalue weighted by atomic mass is 16.5. The lowest BCUT2D eigenvalue weighted by Crippen LogP contribution is -2.56. The van der Waals surface area contributed by atoms with Gasteiger partial charge in [-0.25, -0.2) is 0 Å². The zero-order valence-electron chi connectivity index (χ0n) is 17.7. The summed E-state index contributed by atoms with van der Waals surface area (Å²) in [4.78, 5) is 21.4. The molecule has 4 bridgehead atoms. The normalized spacial score (nSPS) is 29.6. The van der Waals surface area contributed by atoms with Gasteiger partial charge in [-0.1, -0.05) is 19.4 Å². The second kappa shape index (κ2) is 6.74. The van der Waals surface area contributed by atoms with Crippen LogP contribution in [0.5, 0.6) is 5.88 Å². The van der Waals surface area contributed by atoms with E-state index in [0.29, 0.717) is 17.8 Å². The third-order valence-electron chi connectivity index (χ3n) is 7.89. The first-order chi connectivity index (χ1) is 14.6. The molecule has 2 aromatic heterocycles. The number of nitrogens with zero attached hydrogens (tertiary/aromatic N) is 1. The third-order valence-corrected chi connectivity index (χ3v) is 7.89. The molecule has 7 rings (SSSR count). The van der Waals surface area contributed by atoms with Crippen molar-refractivity contribution in [2.45, 2.75) is 44.6 Å². The van der Waals surface area contributed by atoms with Gasteiger partial charge in [0.15, 0.2) is 5.88 Å². The molecule has 5 heteroatoms. The van der Waals surface area contributed by atoms with Gasteiger partial charge in [0.1, 0.15) is 0 Å². The number of H-pyrrole nitrogens is 2. The highest BCUT2D eigenvalue weighted by Crippen LogP contribution is 2.51. The number of rotatable bonds is 3. The SMILES string of the molecule is CC[C@H]1C[C@H]2C[C@H]3c4[nH]c5ccc(-c6cc(OC)[nH]c(=O)c6)cc5c4CCN(C2)C13. The molecule has 5 heterocycles. The topological polar surface area (TPSA) is 61.1 Å². The zero-order valence-corrected chi connectivity index (χ0v) is 17.7. The van der Waals surface area contributed by atoms with Crippen molar-refractivity contribution < 1.29 is 4.74 Å². The maximum Gasteiger partial charge on any atom is 0.251 e. The predicted molar refractivity (Wildman–Crippen MR) is 119 cm³/mol. The Hall–Kier alpha value is -2.53. The highest BCUT2D eigenvalue weighted by molar-refractivity contribution is 5.89. The molecule has 0 radical (unpaired) electrons. The van der Waals surface area contributed by atoms with Crippen molar-refractivity contribution in [1.82, 2.24) is 14.9 Å². The van der Waals surface area contributed by atoms with E-state index in [-0.39, 0.29) is 5.56 Å². The molecule has 0 spiro atoms. The molecular weight excluding hydrogens is 374 g/mol. The zero-order chi connectivity index (χ0) is 20.4. The number of ether oxygens (including phenoxy) is 1. The van der Waals surface area contributed by atoms with Gasteiger partial charge in [-0.15, -0.1) is 0 Å². The average Bonchev–Trinajstić information content (AvgIpc) is 3.09. The molecule has 30 heavy (non-hydrogen) atoms. The Bertz CT molecular complexity index is 1180. The van der Waals surface area contributed by atoms with E-state index < -0.39 is 0 Å². The molecule has 156 valence electrons. The van der Waals surface area contributed by atoms with Gasteiger partial charge in [0.2, 0.25) is 0 Å². The lowest BCUT2D eigenvalue weighted by molar-refractivity contribution is -0.0134. The summed E-state index contributed by atoms with van der Waals surface area (Å²) >= 11 is 0. The minimum Gasteiger partial charge on any atom is -0.482 e. The van der Waals surface area contributed by atoms with Crippen LogP contribution in [-0.4, -0.2) is 41.1 Å². The summed E-state index contributed by atoms with van der Waals surface area (Å²) in [6, 6.07) is 10.8. The van der Waals surface area contributed by atoms with Gasteiger partial charge in [-0.05, 0) is 59.9 Å². The van der Waals surface area contributed by atoms with E-state index in [2.05, 4.69) is 40.0 Å². The molecule has 2 N–H and O–H groups in total. The van der Waals surface area contributed by atoms with Crippen LogP contribution in [0.1, 0.15) is 43.4 Å². The molecule has 2 saturated heterocycles. The number of aromatic amines is 2. The fraction of sp³-hybridized carbons (Fsp3) is 0.480. The monoisotopic (exact) mass is 403 g/mol. The number of methoxy groups -OCH3 is 1. The molecule has 4 aliphatic rings. The molecule has 1 aromatic carbocycles. The van der Waals surface area contributed by atoms with E-state index in [0.717, 1.165) is 35.9 Å². The summed E-state index contributed by atoms with van der Waals surface area (Å²) in [5.74, 6) is 2.81. The van der Waals surface area contributed by atoms with E-state index in [1.165, 1.54) is 48.0 Å². The number of hydrogen-bond acceptors (Lipinski definition) is 3. The van der Waals surface area contributed by atoms with Crippen LogP contribution < -0.4 is 10.3 Å². The van der Waals surface area contributed by atoms with E-state index >= 15 is 0 Å². The lowest BCUT2D eigenvalue weighted by atomic mass is 9.65. The largest absolute Gasteiger partial charge is 0.482 e. The summed E-state index contributed by atoms with van der Waals surface area (Å²) < 4.78 is 5.27. The third kappa shape index (κ3) is 2.68. The molecule has 3 aromatic rings. The molecular formula is C25H29N3O2. The number of hydrogen-bond donors (Lipinski definition) is 2. The van der Waals surface area contributed by atoms with Crippen LogP contribution in [0.4, 0.5) is 0 Å². The minimum atomic E-state index is -0.138. The van der Waals surface area contributed by atoms with Gasteiger partial charge in [0.25, 0.3) is 5.56 Å². The van der Waals surface area contributed by atoms with Crippen molar-refractivity contribution in [3.05, 3.63) is 51.9 Å². The van der Waals surface area contributed by atoms with Crippen molar-refractivity contribution in [3.63, 3.8) is 0 Å². The first-order valence-electron chi connectivity index (χ1n) is 11.3. The molecule has 1 saturated carbocycles. The molecule has 2 unspecified atom stereocenters. The fourth-order valence-electron chi connectivity index (χ4n) is 6.67. The highest BCUT2D eigenvalue weighted by Gasteiger charge is 2.48. The predicted octanol–water partition coefficient (Wildman–Crippen LogP) is 4.29. The Morgan fingerprint density at radius 1 is 1.13 bits per heavy atom. The number of nitrogens with one attached hydrogen (secondary N) is 2. The summed E-state index contributed by atoms with van der Waals surface area (Å²) in [6.45, 7) is 4.82. The van der Waals surface area contributed by atoms with Crippen LogP contribution in [0, 0.1) is 11.8 Å². The van der Waals surface area contributed by atoms with Crippen LogP contribution in [0.25, 0.3) is 22.0 Å². The average molecular weight is 404 g/mol. The van der Waals surface area contributed by atoms with Crippen molar-refractivity contribution in [3.8, 4) is 17.0 Å². The standard InChI is InChI=1S/C25H29N3O2/c1-3-15-8-14-9-20-24-18(6-7-28(13-14)25(15)20)19-10-16(4-5-21(19)26-24)17-11-22(29)27-23(12-17)30-2/h4-5,10-12,14-15,20,25-26H,3,6-9,13H2,1-2H3,(H,27,29)/t14-,15-,20-,25?/m0/s1. The molecule has 1 aliphatic carbocycles. The molecule has 3 aliphatic heterocycles. The van der Waals surface area contributed by atoms with Gasteiger partial charge in [-0.3, -0.25) is 14.7 Å². The van der Waals surface area contributed by atoms with Crippen LogP contribution in [0.3, 0.4) is 0 Å². The van der Waals surface area contributed by atoms with Crippen molar-refractivity contribution in [2.75, 3.05) is 20.2 Å².